The summed E-state index contributed by atoms with van der Waals surface area (Å²) in [7, 11) is 1.72. The fourth-order valence-electron chi connectivity index (χ4n) is 4.14. The van der Waals surface area contributed by atoms with Gasteiger partial charge in [0.25, 0.3) is 0 Å². The Balaban J connectivity index is 0.00000364. The van der Waals surface area contributed by atoms with Crippen molar-refractivity contribution in [1.82, 2.24) is 20.4 Å². The zero-order valence-corrected chi connectivity index (χ0v) is 20.0. The maximum absolute atomic E-state index is 11.6. The third-order valence-electron chi connectivity index (χ3n) is 5.55. The molecule has 2 saturated heterocycles. The van der Waals surface area contributed by atoms with Crippen molar-refractivity contribution in [3.8, 4) is 0 Å². The minimum atomic E-state index is 0. The van der Waals surface area contributed by atoms with Gasteiger partial charge >= 0.3 is 0 Å². The summed E-state index contributed by atoms with van der Waals surface area (Å²) in [6.45, 7) is 12.9. The number of nitrogens with zero attached hydrogens (tertiary/aromatic N) is 3. The molecule has 0 aromatic rings. The van der Waals surface area contributed by atoms with E-state index in [2.05, 4.69) is 41.2 Å². The molecule has 7 heteroatoms. The topological polar surface area (TPSA) is 60.0 Å². The molecule has 0 bridgehead atoms. The van der Waals surface area contributed by atoms with Crippen LogP contribution in [0.4, 0.5) is 0 Å². The molecule has 0 aromatic heterocycles. The van der Waals surface area contributed by atoms with Crippen LogP contribution in [0.2, 0.25) is 0 Å². The molecular weight excluding hydrogens is 453 g/mol. The molecule has 158 valence electrons. The molecule has 0 saturated carbocycles. The Morgan fingerprint density at radius 1 is 1.19 bits per heavy atom. The van der Waals surface area contributed by atoms with Gasteiger partial charge in [-0.05, 0) is 51.0 Å². The standard InChI is InChI=1S/C20H39N5O.HI/c1-5-22-20(23-14-18-7-6-10-25(18)15-16(2)3)24-11-8-17(9-12-24)13-19(26)21-4;/h16-18H,5-15H2,1-4H3,(H,21,26)(H,22,23);1H/t18-;/m1./s1. The minimum Gasteiger partial charge on any atom is -0.359 e. The number of amides is 1. The predicted molar refractivity (Wildman–Crippen MR) is 124 cm³/mol. The molecule has 2 N–H and O–H groups in total. The Morgan fingerprint density at radius 2 is 1.89 bits per heavy atom. The zero-order chi connectivity index (χ0) is 18.9. The van der Waals surface area contributed by atoms with E-state index in [-0.39, 0.29) is 29.9 Å². The number of hydrogen-bond acceptors (Lipinski definition) is 3. The van der Waals surface area contributed by atoms with Gasteiger partial charge in [-0.25, -0.2) is 0 Å². The van der Waals surface area contributed by atoms with Crippen molar-refractivity contribution in [3.05, 3.63) is 0 Å². The molecule has 2 heterocycles. The summed E-state index contributed by atoms with van der Waals surface area (Å²) in [5.41, 5.74) is 0. The van der Waals surface area contributed by atoms with Crippen LogP contribution < -0.4 is 10.6 Å². The van der Waals surface area contributed by atoms with Gasteiger partial charge in [-0.2, -0.15) is 0 Å². The van der Waals surface area contributed by atoms with E-state index in [1.807, 2.05) is 0 Å². The van der Waals surface area contributed by atoms with Gasteiger partial charge in [0.1, 0.15) is 0 Å². The van der Waals surface area contributed by atoms with E-state index in [9.17, 15) is 4.79 Å². The second kappa shape index (κ2) is 12.8. The summed E-state index contributed by atoms with van der Waals surface area (Å²) in [6.07, 6.45) is 5.36. The lowest BCUT2D eigenvalue weighted by Crippen LogP contribution is -2.46. The SMILES string of the molecule is CCNC(=NC[C@H]1CCCN1CC(C)C)N1CCC(CC(=O)NC)CC1.I. The third-order valence-corrected chi connectivity index (χ3v) is 5.55. The van der Waals surface area contributed by atoms with Crippen LogP contribution in [0.5, 0.6) is 0 Å². The number of rotatable bonds is 7. The predicted octanol–water partition coefficient (Wildman–Crippen LogP) is 2.54. The van der Waals surface area contributed by atoms with Crippen LogP contribution in [0.1, 0.15) is 52.9 Å². The average Bonchev–Trinajstić information content (AvgIpc) is 3.05. The van der Waals surface area contributed by atoms with Crippen molar-refractivity contribution >= 4 is 35.8 Å². The number of carbonyl (C=O) groups is 1. The summed E-state index contributed by atoms with van der Waals surface area (Å²) >= 11 is 0. The van der Waals surface area contributed by atoms with Crippen molar-refractivity contribution in [2.24, 2.45) is 16.8 Å². The van der Waals surface area contributed by atoms with Crippen LogP contribution in [0.3, 0.4) is 0 Å². The molecule has 0 radical (unpaired) electrons. The van der Waals surface area contributed by atoms with Crippen LogP contribution in [-0.2, 0) is 4.79 Å². The molecule has 2 fully saturated rings. The minimum absolute atomic E-state index is 0. The Kier molecular flexibility index (Phi) is 11.6. The van der Waals surface area contributed by atoms with E-state index in [0.717, 1.165) is 45.0 Å². The lowest BCUT2D eigenvalue weighted by atomic mass is 9.93. The molecule has 2 aliphatic rings. The van der Waals surface area contributed by atoms with Crippen LogP contribution >= 0.6 is 24.0 Å². The molecule has 27 heavy (non-hydrogen) atoms. The Hall–Kier alpha value is -0.570. The van der Waals surface area contributed by atoms with Crippen molar-refractivity contribution < 1.29 is 4.79 Å². The number of halogens is 1. The van der Waals surface area contributed by atoms with E-state index in [4.69, 9.17) is 4.99 Å². The van der Waals surface area contributed by atoms with E-state index in [1.165, 1.54) is 25.9 Å². The highest BCUT2D eigenvalue weighted by Gasteiger charge is 2.26. The van der Waals surface area contributed by atoms with E-state index < -0.39 is 0 Å². The third kappa shape index (κ3) is 8.13. The second-order valence-corrected chi connectivity index (χ2v) is 8.19. The van der Waals surface area contributed by atoms with Crippen LogP contribution in [0, 0.1) is 11.8 Å². The molecule has 0 spiro atoms. The number of nitrogens with one attached hydrogen (secondary N) is 2. The van der Waals surface area contributed by atoms with Gasteiger partial charge < -0.3 is 15.5 Å². The molecule has 1 atom stereocenters. The van der Waals surface area contributed by atoms with E-state index >= 15 is 0 Å². The van der Waals surface area contributed by atoms with Crippen molar-refractivity contribution in [2.45, 2.75) is 58.9 Å². The molecule has 0 aromatic carbocycles. The number of guanidine groups is 1. The van der Waals surface area contributed by atoms with Crippen molar-refractivity contribution in [1.29, 1.82) is 0 Å². The van der Waals surface area contributed by atoms with Gasteiger partial charge in [-0.15, -0.1) is 24.0 Å². The summed E-state index contributed by atoms with van der Waals surface area (Å²) in [4.78, 5) is 21.6. The van der Waals surface area contributed by atoms with Crippen molar-refractivity contribution in [2.75, 3.05) is 46.3 Å². The fourth-order valence-corrected chi connectivity index (χ4v) is 4.14. The molecule has 2 aliphatic heterocycles. The number of likely N-dealkylation sites (tertiary alicyclic amines) is 2. The first-order valence-electron chi connectivity index (χ1n) is 10.5. The first-order valence-corrected chi connectivity index (χ1v) is 10.5. The number of aliphatic imine (C=N–C) groups is 1. The summed E-state index contributed by atoms with van der Waals surface area (Å²) in [5.74, 6) is 2.44. The normalized spacial score (nSPS) is 22.0. The van der Waals surface area contributed by atoms with Gasteiger partial charge in [-0.1, -0.05) is 13.8 Å². The van der Waals surface area contributed by atoms with E-state index in [0.29, 0.717) is 24.3 Å². The fraction of sp³-hybridized carbons (Fsp3) is 0.900. The number of carbonyl (C=O) groups excluding carboxylic acids is 1. The highest BCUT2D eigenvalue weighted by molar-refractivity contribution is 14.0. The average molecular weight is 493 g/mol. The first-order chi connectivity index (χ1) is 12.5. The highest BCUT2D eigenvalue weighted by Crippen LogP contribution is 2.21. The lowest BCUT2D eigenvalue weighted by Gasteiger charge is -2.34. The highest BCUT2D eigenvalue weighted by atomic mass is 127. The maximum atomic E-state index is 11.6. The summed E-state index contributed by atoms with van der Waals surface area (Å²) in [5, 5.41) is 6.22. The zero-order valence-electron chi connectivity index (χ0n) is 17.7. The second-order valence-electron chi connectivity index (χ2n) is 8.19. The largest absolute Gasteiger partial charge is 0.359 e. The lowest BCUT2D eigenvalue weighted by molar-refractivity contribution is -0.121. The molecule has 6 nitrogen and oxygen atoms in total. The van der Waals surface area contributed by atoms with Crippen LogP contribution in [0.25, 0.3) is 0 Å². The quantitative estimate of drug-likeness (QED) is 0.325. The monoisotopic (exact) mass is 493 g/mol. The van der Waals surface area contributed by atoms with Gasteiger partial charge in [0.2, 0.25) is 5.91 Å². The molecule has 2 rings (SSSR count). The smallest absolute Gasteiger partial charge is 0.220 e. The van der Waals surface area contributed by atoms with Crippen LogP contribution in [0.15, 0.2) is 4.99 Å². The number of hydrogen-bond donors (Lipinski definition) is 2. The Labute approximate surface area is 182 Å². The van der Waals surface area contributed by atoms with Crippen LogP contribution in [-0.4, -0.2) is 74.0 Å². The summed E-state index contributed by atoms with van der Waals surface area (Å²) < 4.78 is 0. The van der Waals surface area contributed by atoms with Gasteiger partial charge in [-0.3, -0.25) is 14.7 Å². The maximum Gasteiger partial charge on any atom is 0.220 e. The van der Waals surface area contributed by atoms with Gasteiger partial charge in [0.15, 0.2) is 5.96 Å². The van der Waals surface area contributed by atoms with E-state index in [1.54, 1.807) is 7.05 Å². The Bertz CT molecular complexity index is 463. The number of piperidine rings is 1. The molecule has 1 amide bonds. The molecular formula is C20H40IN5O. The summed E-state index contributed by atoms with van der Waals surface area (Å²) in [6, 6.07) is 0.594. The first kappa shape index (κ1) is 24.5. The molecule has 0 aliphatic carbocycles. The Morgan fingerprint density at radius 3 is 2.48 bits per heavy atom. The van der Waals surface area contributed by atoms with Gasteiger partial charge in [0.05, 0.1) is 6.54 Å². The van der Waals surface area contributed by atoms with Crippen molar-refractivity contribution in [3.63, 3.8) is 0 Å². The molecule has 0 unspecified atom stereocenters. The van der Waals surface area contributed by atoms with Gasteiger partial charge in [0, 0.05) is 45.7 Å².